The first-order valence-corrected chi connectivity index (χ1v) is 13.0. The van der Waals surface area contributed by atoms with E-state index in [0.717, 1.165) is 17.2 Å². The van der Waals surface area contributed by atoms with Gasteiger partial charge in [-0.1, -0.05) is 47.5 Å². The zero-order chi connectivity index (χ0) is 21.3. The maximum atomic E-state index is 13.0. The number of aryl methyl sites for hydroxylation is 1. The first-order chi connectivity index (χ1) is 14.3. The van der Waals surface area contributed by atoms with Crippen molar-refractivity contribution in [3.63, 3.8) is 0 Å². The average molecular weight is 481 g/mol. The fourth-order valence-corrected chi connectivity index (χ4v) is 7.16. The molecule has 1 aliphatic rings. The Morgan fingerprint density at radius 1 is 1.13 bits per heavy atom. The lowest BCUT2D eigenvalue weighted by Crippen LogP contribution is -2.39. The highest BCUT2D eigenvalue weighted by Crippen LogP contribution is 2.33. The Balaban J connectivity index is 1.42. The zero-order valence-electron chi connectivity index (χ0n) is 16.5. The van der Waals surface area contributed by atoms with Crippen molar-refractivity contribution in [3.05, 3.63) is 74.7 Å². The molecule has 0 aliphatic carbocycles. The molecule has 3 aromatic rings. The van der Waals surface area contributed by atoms with Gasteiger partial charge in [-0.05, 0) is 49.1 Å². The molecule has 8 heteroatoms. The van der Waals surface area contributed by atoms with Crippen LogP contribution >= 0.6 is 34.5 Å². The van der Waals surface area contributed by atoms with Crippen LogP contribution in [0.25, 0.3) is 0 Å². The second-order valence-electron chi connectivity index (χ2n) is 7.53. The Bertz CT molecular complexity index is 1150. The maximum absolute atomic E-state index is 13.0. The van der Waals surface area contributed by atoms with Gasteiger partial charge < -0.3 is 4.90 Å². The molecule has 1 saturated heterocycles. The van der Waals surface area contributed by atoms with Gasteiger partial charge in [-0.25, -0.2) is 13.4 Å². The van der Waals surface area contributed by atoms with Crippen LogP contribution in [0.15, 0.2) is 52.7 Å². The van der Waals surface area contributed by atoms with E-state index >= 15 is 0 Å². The summed E-state index contributed by atoms with van der Waals surface area (Å²) in [7, 11) is -3.49. The maximum Gasteiger partial charge on any atom is 0.185 e. The van der Waals surface area contributed by atoms with Gasteiger partial charge in [0.1, 0.15) is 0 Å². The number of piperidine rings is 1. The van der Waals surface area contributed by atoms with Crippen molar-refractivity contribution < 1.29 is 8.42 Å². The number of halogens is 2. The normalized spacial score (nSPS) is 15.5. The molecule has 4 nitrogen and oxygen atoms in total. The summed E-state index contributed by atoms with van der Waals surface area (Å²) >= 11 is 13.7. The van der Waals surface area contributed by atoms with Crippen LogP contribution in [0.3, 0.4) is 0 Å². The van der Waals surface area contributed by atoms with Crippen molar-refractivity contribution in [2.75, 3.05) is 18.0 Å². The Morgan fingerprint density at radius 2 is 1.87 bits per heavy atom. The summed E-state index contributed by atoms with van der Waals surface area (Å²) in [6.07, 6.45) is 1.91. The van der Waals surface area contributed by atoms with Crippen LogP contribution in [0.1, 0.15) is 29.7 Å². The lowest BCUT2D eigenvalue weighted by molar-refractivity contribution is 0.529. The van der Waals surface area contributed by atoms with Crippen LogP contribution in [0.5, 0.6) is 0 Å². The summed E-state index contributed by atoms with van der Waals surface area (Å²) < 4.78 is 26.1. The summed E-state index contributed by atoms with van der Waals surface area (Å²) in [5.41, 5.74) is 3.59. The number of thiazole rings is 1. The van der Waals surface area contributed by atoms with Gasteiger partial charge in [-0.15, -0.1) is 11.3 Å². The third kappa shape index (κ3) is 4.52. The van der Waals surface area contributed by atoms with E-state index in [4.69, 9.17) is 28.2 Å². The number of hydrogen-bond acceptors (Lipinski definition) is 5. The number of hydrogen-bond donors (Lipinski definition) is 0. The summed E-state index contributed by atoms with van der Waals surface area (Å²) in [4.78, 5) is 7.15. The minimum absolute atomic E-state index is 0.168. The molecule has 0 N–H and O–H groups in total. The third-order valence-corrected chi connectivity index (χ3v) is 9.45. The average Bonchev–Trinajstić information content (AvgIpc) is 3.18. The van der Waals surface area contributed by atoms with Gasteiger partial charge in [0.2, 0.25) is 0 Å². The molecule has 158 valence electrons. The van der Waals surface area contributed by atoms with Crippen LogP contribution in [0, 0.1) is 6.92 Å². The quantitative estimate of drug-likeness (QED) is 0.463. The van der Waals surface area contributed by atoms with Crippen LogP contribution in [-0.4, -0.2) is 31.7 Å². The summed E-state index contributed by atoms with van der Waals surface area (Å²) in [6, 6.07) is 12.9. The molecule has 0 atom stereocenters. The number of aromatic nitrogens is 1. The predicted octanol–water partition coefficient (Wildman–Crippen LogP) is 5.79. The molecule has 30 heavy (non-hydrogen) atoms. The van der Waals surface area contributed by atoms with Crippen LogP contribution in [0.2, 0.25) is 10.0 Å². The molecule has 2 heterocycles. The fourth-order valence-electron chi connectivity index (χ4n) is 3.77. The summed E-state index contributed by atoms with van der Waals surface area (Å²) in [5, 5.41) is 3.22. The molecule has 1 fully saturated rings. The van der Waals surface area contributed by atoms with Gasteiger partial charge in [0.15, 0.2) is 15.0 Å². The molecule has 0 amide bonds. The highest BCUT2D eigenvalue weighted by Gasteiger charge is 2.33. The molecule has 0 bridgehead atoms. The van der Waals surface area contributed by atoms with Gasteiger partial charge in [-0.3, -0.25) is 0 Å². The minimum Gasteiger partial charge on any atom is -0.348 e. The van der Waals surface area contributed by atoms with E-state index < -0.39 is 15.1 Å². The standard InChI is InChI=1S/C22H22Cl2N2O2S2/c1-15-4-2-3-5-16(15)12-18-14-29-22(25-18)26-10-8-19(9-11-26)30(27,28)21-7-6-17(23)13-20(21)24/h2-7,13-14,19H,8-12H2,1H3. The number of rotatable bonds is 5. The minimum atomic E-state index is -3.49. The van der Waals surface area contributed by atoms with Crippen molar-refractivity contribution in [2.45, 2.75) is 36.3 Å². The van der Waals surface area contributed by atoms with Crippen molar-refractivity contribution in [1.82, 2.24) is 4.98 Å². The van der Waals surface area contributed by atoms with Gasteiger partial charge in [0.25, 0.3) is 0 Å². The molecule has 0 radical (unpaired) electrons. The Labute approximate surface area is 191 Å². The van der Waals surface area contributed by atoms with Crippen LogP contribution < -0.4 is 4.90 Å². The molecular formula is C22H22Cl2N2O2S2. The van der Waals surface area contributed by atoms with E-state index in [1.54, 1.807) is 17.4 Å². The molecule has 0 spiro atoms. The summed E-state index contributed by atoms with van der Waals surface area (Å²) in [5.74, 6) is 0. The van der Waals surface area contributed by atoms with Crippen LogP contribution in [0.4, 0.5) is 5.13 Å². The first kappa shape index (κ1) is 21.6. The lowest BCUT2D eigenvalue weighted by atomic mass is 10.1. The van der Waals surface area contributed by atoms with E-state index in [1.165, 1.54) is 23.3 Å². The van der Waals surface area contributed by atoms with E-state index in [0.29, 0.717) is 31.0 Å². The van der Waals surface area contributed by atoms with Gasteiger partial charge in [-0.2, -0.15) is 0 Å². The van der Waals surface area contributed by atoms with Gasteiger partial charge >= 0.3 is 0 Å². The van der Waals surface area contributed by atoms with Gasteiger partial charge in [0, 0.05) is 29.9 Å². The smallest absolute Gasteiger partial charge is 0.185 e. The molecule has 1 aromatic heterocycles. The SMILES string of the molecule is Cc1ccccc1Cc1csc(N2CCC(S(=O)(=O)c3ccc(Cl)cc3Cl)CC2)n1. The highest BCUT2D eigenvalue weighted by molar-refractivity contribution is 7.92. The monoisotopic (exact) mass is 480 g/mol. The number of benzene rings is 2. The molecule has 0 saturated carbocycles. The third-order valence-electron chi connectivity index (χ3n) is 5.52. The Kier molecular flexibility index (Phi) is 6.39. The van der Waals surface area contributed by atoms with E-state index in [1.807, 2.05) is 12.1 Å². The van der Waals surface area contributed by atoms with E-state index in [-0.39, 0.29) is 9.92 Å². The Hall–Kier alpha value is -1.60. The topological polar surface area (TPSA) is 50.3 Å². The van der Waals surface area contributed by atoms with Crippen molar-refractivity contribution in [2.24, 2.45) is 0 Å². The second kappa shape index (κ2) is 8.87. The molecule has 0 unspecified atom stereocenters. The second-order valence-corrected chi connectivity index (χ2v) is 11.4. The highest BCUT2D eigenvalue weighted by atomic mass is 35.5. The Morgan fingerprint density at radius 3 is 2.57 bits per heavy atom. The number of sulfone groups is 1. The fraction of sp³-hybridized carbons (Fsp3) is 0.318. The van der Waals surface area contributed by atoms with Gasteiger partial charge in [0.05, 0.1) is 20.9 Å². The zero-order valence-corrected chi connectivity index (χ0v) is 19.7. The van der Waals surface area contributed by atoms with E-state index in [9.17, 15) is 8.42 Å². The summed E-state index contributed by atoms with van der Waals surface area (Å²) in [6.45, 7) is 3.43. The lowest BCUT2D eigenvalue weighted by Gasteiger charge is -2.31. The van der Waals surface area contributed by atoms with E-state index in [2.05, 4.69) is 29.3 Å². The molecule has 1 aliphatic heterocycles. The van der Waals surface area contributed by atoms with Crippen LogP contribution in [-0.2, 0) is 16.3 Å². The molecular weight excluding hydrogens is 459 g/mol. The largest absolute Gasteiger partial charge is 0.348 e. The first-order valence-electron chi connectivity index (χ1n) is 9.77. The molecule has 4 rings (SSSR count). The number of nitrogens with zero attached hydrogens (tertiary/aromatic N) is 2. The predicted molar refractivity (Wildman–Crippen MR) is 125 cm³/mol. The van der Waals surface area contributed by atoms with Crippen molar-refractivity contribution in [3.8, 4) is 0 Å². The van der Waals surface area contributed by atoms with Crippen molar-refractivity contribution in [1.29, 1.82) is 0 Å². The van der Waals surface area contributed by atoms with Crippen molar-refractivity contribution >= 4 is 49.5 Å². The number of anilines is 1. The molecule has 2 aromatic carbocycles.